The average Bonchev–Trinajstić information content (AvgIpc) is 3.30. The summed E-state index contributed by atoms with van der Waals surface area (Å²) in [5, 5.41) is 12.1. The summed E-state index contributed by atoms with van der Waals surface area (Å²) < 4.78 is 39.4. The number of hydrogen-bond donors (Lipinski definition) is 0. The Balaban J connectivity index is 1.53. The molecule has 6 nitrogen and oxygen atoms in total. The number of hydrogen-bond acceptors (Lipinski definition) is 5. The number of halogens is 3. The monoisotopic (exact) mass is 371 g/mol. The van der Waals surface area contributed by atoms with Crippen molar-refractivity contribution >= 4 is 17.7 Å². The third-order valence-corrected chi connectivity index (χ3v) is 4.73. The van der Waals surface area contributed by atoms with E-state index in [9.17, 15) is 18.0 Å². The van der Waals surface area contributed by atoms with Crippen LogP contribution in [0, 0.1) is 0 Å². The minimum absolute atomic E-state index is 0.143. The Hall–Kier alpha value is -2.10. The van der Waals surface area contributed by atoms with Crippen LogP contribution in [0.4, 0.5) is 13.2 Å². The van der Waals surface area contributed by atoms with Crippen molar-refractivity contribution in [3.63, 3.8) is 0 Å². The quantitative estimate of drug-likeness (QED) is 0.731. The third-order valence-electron chi connectivity index (χ3n) is 3.81. The molecule has 1 aromatic heterocycles. The second-order valence-corrected chi connectivity index (χ2v) is 6.81. The highest BCUT2D eigenvalue weighted by atomic mass is 32.2. The molecule has 0 saturated heterocycles. The van der Waals surface area contributed by atoms with E-state index in [1.807, 2.05) is 0 Å². The number of thioether (sulfide) groups is 1. The van der Waals surface area contributed by atoms with Crippen LogP contribution in [0.1, 0.15) is 30.0 Å². The first-order valence-corrected chi connectivity index (χ1v) is 8.64. The van der Waals surface area contributed by atoms with E-state index in [4.69, 9.17) is 0 Å². The van der Waals surface area contributed by atoms with Gasteiger partial charge in [-0.05, 0) is 41.0 Å². The van der Waals surface area contributed by atoms with Crippen molar-refractivity contribution in [3.8, 4) is 0 Å². The summed E-state index contributed by atoms with van der Waals surface area (Å²) in [6.07, 6.45) is -2.27. The zero-order valence-electron chi connectivity index (χ0n) is 13.4. The van der Waals surface area contributed by atoms with Crippen molar-refractivity contribution in [2.75, 3.05) is 12.8 Å². The summed E-state index contributed by atoms with van der Waals surface area (Å²) in [7, 11) is 1.62. The van der Waals surface area contributed by atoms with Gasteiger partial charge in [0.25, 0.3) is 0 Å². The number of amides is 1. The van der Waals surface area contributed by atoms with Gasteiger partial charge in [-0.1, -0.05) is 23.9 Å². The van der Waals surface area contributed by atoms with Gasteiger partial charge in [-0.2, -0.15) is 13.2 Å². The number of benzene rings is 1. The summed E-state index contributed by atoms with van der Waals surface area (Å²) in [5.41, 5.74) is -0.0654. The van der Waals surface area contributed by atoms with Gasteiger partial charge < -0.3 is 4.90 Å². The van der Waals surface area contributed by atoms with Gasteiger partial charge in [-0.15, -0.1) is 5.10 Å². The Morgan fingerprint density at radius 1 is 1.32 bits per heavy atom. The fourth-order valence-electron chi connectivity index (χ4n) is 2.23. The number of nitrogens with zero attached hydrogens (tertiary/aromatic N) is 5. The Morgan fingerprint density at radius 3 is 2.60 bits per heavy atom. The number of carbonyl (C=O) groups is 1. The predicted molar refractivity (Wildman–Crippen MR) is 84.7 cm³/mol. The molecule has 0 radical (unpaired) electrons. The maximum absolute atomic E-state index is 12.6. The lowest BCUT2D eigenvalue weighted by Crippen LogP contribution is -2.28. The minimum atomic E-state index is -4.36. The van der Waals surface area contributed by atoms with E-state index in [1.54, 1.807) is 11.7 Å². The molecular weight excluding hydrogens is 355 g/mol. The van der Waals surface area contributed by atoms with E-state index in [-0.39, 0.29) is 18.2 Å². The van der Waals surface area contributed by atoms with E-state index < -0.39 is 11.7 Å². The summed E-state index contributed by atoms with van der Waals surface area (Å²) in [4.78, 5) is 13.7. The smallest absolute Gasteiger partial charge is 0.341 e. The van der Waals surface area contributed by atoms with Crippen LogP contribution in [0.25, 0.3) is 0 Å². The van der Waals surface area contributed by atoms with Crippen LogP contribution in [0.2, 0.25) is 0 Å². The average molecular weight is 371 g/mol. The summed E-state index contributed by atoms with van der Waals surface area (Å²) in [5.74, 6) is 0.0276. The van der Waals surface area contributed by atoms with Crippen LogP contribution in [0.5, 0.6) is 0 Å². The van der Waals surface area contributed by atoms with Gasteiger partial charge in [-0.3, -0.25) is 4.79 Å². The Kier molecular flexibility index (Phi) is 4.98. The first-order chi connectivity index (χ1) is 11.8. The molecule has 1 fully saturated rings. The van der Waals surface area contributed by atoms with Gasteiger partial charge in [-0.25, -0.2) is 4.68 Å². The lowest BCUT2D eigenvalue weighted by Gasteiger charge is -2.17. The first-order valence-electron chi connectivity index (χ1n) is 7.65. The van der Waals surface area contributed by atoms with Crippen molar-refractivity contribution in [3.05, 3.63) is 35.4 Å². The van der Waals surface area contributed by atoms with Crippen molar-refractivity contribution in [2.45, 2.75) is 36.8 Å². The van der Waals surface area contributed by atoms with E-state index in [0.717, 1.165) is 25.0 Å². The highest BCUT2D eigenvalue weighted by Crippen LogP contribution is 2.36. The topological polar surface area (TPSA) is 63.9 Å². The molecule has 25 heavy (non-hydrogen) atoms. The van der Waals surface area contributed by atoms with Crippen molar-refractivity contribution in [1.29, 1.82) is 0 Å². The maximum atomic E-state index is 12.6. The fourth-order valence-corrected chi connectivity index (χ4v) is 3.11. The molecule has 0 N–H and O–H groups in total. The van der Waals surface area contributed by atoms with Crippen molar-refractivity contribution in [2.24, 2.45) is 0 Å². The fraction of sp³-hybridized carbons (Fsp3) is 0.467. The summed E-state index contributed by atoms with van der Waals surface area (Å²) in [6, 6.07) is 5.14. The number of carbonyl (C=O) groups excluding carboxylic acids is 1. The normalized spacial score (nSPS) is 14.6. The van der Waals surface area contributed by atoms with E-state index in [1.165, 1.54) is 28.8 Å². The van der Waals surface area contributed by atoms with Crippen LogP contribution in [-0.2, 0) is 17.5 Å². The molecule has 3 rings (SSSR count). The highest BCUT2D eigenvalue weighted by molar-refractivity contribution is 7.99. The van der Waals surface area contributed by atoms with E-state index in [0.29, 0.717) is 16.8 Å². The molecule has 0 spiro atoms. The number of alkyl halides is 3. The van der Waals surface area contributed by atoms with Crippen molar-refractivity contribution in [1.82, 2.24) is 25.1 Å². The number of tetrazole rings is 1. The molecule has 1 aliphatic carbocycles. The highest BCUT2D eigenvalue weighted by Gasteiger charge is 2.30. The molecule has 1 aliphatic rings. The van der Waals surface area contributed by atoms with Gasteiger partial charge in [0.15, 0.2) is 0 Å². The van der Waals surface area contributed by atoms with Gasteiger partial charge in [0.2, 0.25) is 11.1 Å². The molecule has 2 aromatic rings. The molecule has 0 bridgehead atoms. The Morgan fingerprint density at radius 2 is 2.00 bits per heavy atom. The number of aromatic nitrogens is 4. The largest absolute Gasteiger partial charge is 0.416 e. The Bertz CT molecular complexity index is 742. The predicted octanol–water partition coefficient (Wildman–Crippen LogP) is 2.78. The molecule has 1 heterocycles. The molecule has 10 heteroatoms. The number of rotatable bonds is 6. The molecular formula is C15H16F3N5OS. The summed E-state index contributed by atoms with van der Waals surface area (Å²) >= 11 is 1.26. The molecule has 1 saturated carbocycles. The molecule has 134 valence electrons. The summed E-state index contributed by atoms with van der Waals surface area (Å²) in [6.45, 7) is 0.241. The van der Waals surface area contributed by atoms with Gasteiger partial charge in [0.1, 0.15) is 0 Å². The van der Waals surface area contributed by atoms with Gasteiger partial charge in [0.05, 0.1) is 17.4 Å². The second-order valence-electron chi connectivity index (χ2n) is 5.87. The SMILES string of the molecule is CN(Cc1ccc(C(F)(F)F)cc1)C(=O)CSc1nnnn1C1CC1. The molecule has 1 amide bonds. The molecule has 0 atom stereocenters. The lowest BCUT2D eigenvalue weighted by molar-refractivity contribution is -0.137. The standard InChI is InChI=1S/C15H16F3N5OS/c1-22(8-10-2-4-11(5-3-10)15(16,17)18)13(24)9-25-14-19-20-21-23(14)12-6-7-12/h2-5,12H,6-9H2,1H3. The van der Waals surface area contributed by atoms with Crippen LogP contribution in [0.15, 0.2) is 29.4 Å². The first kappa shape index (κ1) is 17.7. The zero-order valence-corrected chi connectivity index (χ0v) is 14.2. The van der Waals surface area contributed by atoms with Gasteiger partial charge >= 0.3 is 6.18 Å². The molecule has 1 aromatic carbocycles. The third kappa shape index (κ3) is 4.50. The van der Waals surface area contributed by atoms with Crippen LogP contribution in [-0.4, -0.2) is 43.8 Å². The molecule has 0 aliphatic heterocycles. The second kappa shape index (κ2) is 7.03. The van der Waals surface area contributed by atoms with Crippen molar-refractivity contribution < 1.29 is 18.0 Å². The minimum Gasteiger partial charge on any atom is -0.341 e. The van der Waals surface area contributed by atoms with Crippen LogP contribution >= 0.6 is 11.8 Å². The Labute approximate surface area is 146 Å². The van der Waals surface area contributed by atoms with E-state index in [2.05, 4.69) is 15.5 Å². The van der Waals surface area contributed by atoms with E-state index >= 15 is 0 Å². The lowest BCUT2D eigenvalue weighted by atomic mass is 10.1. The van der Waals surface area contributed by atoms with Gasteiger partial charge in [0, 0.05) is 13.6 Å². The zero-order chi connectivity index (χ0) is 18.0. The van der Waals surface area contributed by atoms with Crippen LogP contribution < -0.4 is 0 Å². The maximum Gasteiger partial charge on any atom is 0.416 e. The van der Waals surface area contributed by atoms with Crippen LogP contribution in [0.3, 0.4) is 0 Å². The molecule has 0 unspecified atom stereocenters.